The number of rotatable bonds is 1. The van der Waals surface area contributed by atoms with Gasteiger partial charge in [-0.1, -0.05) is 18.9 Å². The summed E-state index contributed by atoms with van der Waals surface area (Å²) in [4.78, 5) is 2.64. The van der Waals surface area contributed by atoms with Crippen molar-refractivity contribution in [2.24, 2.45) is 5.92 Å². The predicted molar refractivity (Wildman–Crippen MR) is 84.4 cm³/mol. The maximum Gasteiger partial charge on any atom is 0.0340 e. The van der Waals surface area contributed by atoms with Crippen LogP contribution in [0, 0.1) is 5.92 Å². The van der Waals surface area contributed by atoms with E-state index in [-0.39, 0.29) is 0 Å². The molecule has 20 heavy (non-hydrogen) atoms. The molecule has 1 heterocycles. The van der Waals surface area contributed by atoms with Crippen LogP contribution >= 0.6 is 0 Å². The molecule has 0 amide bonds. The number of piperidine rings is 1. The summed E-state index contributed by atoms with van der Waals surface area (Å²) in [5.41, 5.74) is 5.10. The van der Waals surface area contributed by atoms with Crippen LogP contribution in [-0.2, 0) is 11.8 Å². The lowest BCUT2D eigenvalue weighted by Crippen LogP contribution is -2.59. The molecule has 2 nitrogen and oxygen atoms in total. The fourth-order valence-electron chi connectivity index (χ4n) is 5.35. The molecule has 1 aliphatic heterocycles. The minimum atomic E-state index is 0.496. The van der Waals surface area contributed by atoms with E-state index in [4.69, 9.17) is 0 Å². The second-order valence-corrected chi connectivity index (χ2v) is 7.13. The van der Waals surface area contributed by atoms with Crippen molar-refractivity contribution < 1.29 is 0 Å². The Hall–Kier alpha value is -1.02. The molecule has 1 unspecified atom stereocenters. The van der Waals surface area contributed by atoms with E-state index in [1.54, 1.807) is 11.1 Å². The Morgan fingerprint density at radius 1 is 1.25 bits per heavy atom. The van der Waals surface area contributed by atoms with Crippen molar-refractivity contribution in [3.8, 4) is 0 Å². The van der Waals surface area contributed by atoms with Gasteiger partial charge in [0.1, 0.15) is 0 Å². The largest absolute Gasteiger partial charge is 0.388 e. The minimum Gasteiger partial charge on any atom is -0.388 e. The van der Waals surface area contributed by atoms with E-state index in [2.05, 4.69) is 35.5 Å². The molecule has 2 fully saturated rings. The number of nitrogens with zero attached hydrogens (tertiary/aromatic N) is 1. The third-order valence-electron chi connectivity index (χ3n) is 6.40. The van der Waals surface area contributed by atoms with Gasteiger partial charge < -0.3 is 10.2 Å². The molecule has 1 saturated carbocycles. The zero-order valence-electron chi connectivity index (χ0n) is 12.8. The Bertz CT molecular complexity index is 524. The summed E-state index contributed by atoms with van der Waals surface area (Å²) in [7, 11) is 4.38. The minimum absolute atomic E-state index is 0.496. The number of hydrogen-bond donors (Lipinski definition) is 1. The SMILES string of the molecule is CNc1ccc2c(c1)[C@]13CCCCC1[C@H](C2)N(C)CC3. The van der Waals surface area contributed by atoms with Crippen LogP contribution in [0.5, 0.6) is 0 Å². The van der Waals surface area contributed by atoms with E-state index < -0.39 is 0 Å². The fraction of sp³-hybridized carbons (Fsp3) is 0.667. The Kier molecular flexibility index (Phi) is 2.85. The Morgan fingerprint density at radius 2 is 2.15 bits per heavy atom. The zero-order chi connectivity index (χ0) is 13.7. The lowest BCUT2D eigenvalue weighted by molar-refractivity contribution is 0.00290. The Morgan fingerprint density at radius 3 is 3.00 bits per heavy atom. The first-order valence-electron chi connectivity index (χ1n) is 8.26. The Labute approximate surface area is 122 Å². The van der Waals surface area contributed by atoms with Crippen LogP contribution in [0.15, 0.2) is 18.2 Å². The predicted octanol–water partition coefficient (Wildman–Crippen LogP) is 3.42. The quantitative estimate of drug-likeness (QED) is 0.841. The maximum atomic E-state index is 3.34. The lowest BCUT2D eigenvalue weighted by atomic mass is 9.52. The van der Waals surface area contributed by atoms with Crippen LogP contribution in [-0.4, -0.2) is 31.6 Å². The van der Waals surface area contributed by atoms with E-state index >= 15 is 0 Å². The molecule has 1 N–H and O–H groups in total. The van der Waals surface area contributed by atoms with Gasteiger partial charge >= 0.3 is 0 Å². The molecular formula is C18H26N2. The van der Waals surface area contributed by atoms with Crippen molar-refractivity contribution in [2.75, 3.05) is 26.0 Å². The molecule has 2 bridgehead atoms. The van der Waals surface area contributed by atoms with Gasteiger partial charge in [-0.25, -0.2) is 0 Å². The molecule has 0 aromatic heterocycles. The van der Waals surface area contributed by atoms with E-state index in [1.165, 1.54) is 50.8 Å². The van der Waals surface area contributed by atoms with Crippen LogP contribution in [0.3, 0.4) is 0 Å². The second-order valence-electron chi connectivity index (χ2n) is 7.13. The summed E-state index contributed by atoms with van der Waals surface area (Å²) in [6, 6.07) is 7.90. The standard InChI is InChI=1S/C18H26N2/c1-19-14-7-6-13-11-17-15-5-3-4-8-18(15,16(13)12-14)9-10-20(17)2/h6-7,12,15,17,19H,3-5,8-11H2,1-2H3/t15?,17-,18-/m0/s1. The van der Waals surface area contributed by atoms with Gasteiger partial charge in [0.15, 0.2) is 0 Å². The van der Waals surface area contributed by atoms with Crippen LogP contribution in [0.4, 0.5) is 5.69 Å². The van der Waals surface area contributed by atoms with Gasteiger partial charge in [0.2, 0.25) is 0 Å². The van der Waals surface area contributed by atoms with Crippen molar-refractivity contribution in [3.05, 3.63) is 29.3 Å². The van der Waals surface area contributed by atoms with Crippen molar-refractivity contribution in [3.63, 3.8) is 0 Å². The van der Waals surface area contributed by atoms with Gasteiger partial charge in [-0.3, -0.25) is 0 Å². The van der Waals surface area contributed by atoms with E-state index in [9.17, 15) is 0 Å². The second kappa shape index (κ2) is 4.49. The molecule has 0 radical (unpaired) electrons. The number of hydrogen-bond acceptors (Lipinski definition) is 2. The average molecular weight is 270 g/mol. The molecule has 3 aliphatic rings. The molecule has 108 valence electrons. The molecule has 3 atom stereocenters. The van der Waals surface area contributed by atoms with Crippen molar-refractivity contribution in [1.29, 1.82) is 0 Å². The normalized spacial score (nSPS) is 36.1. The fourth-order valence-corrected chi connectivity index (χ4v) is 5.35. The zero-order valence-corrected chi connectivity index (χ0v) is 12.8. The summed E-state index contributed by atoms with van der Waals surface area (Å²) in [6.07, 6.45) is 8.36. The number of benzene rings is 1. The molecule has 2 heteroatoms. The highest BCUT2D eigenvalue weighted by Crippen LogP contribution is 2.55. The van der Waals surface area contributed by atoms with Crippen LogP contribution < -0.4 is 5.32 Å². The summed E-state index contributed by atoms with van der Waals surface area (Å²) in [6.45, 7) is 1.28. The summed E-state index contributed by atoms with van der Waals surface area (Å²) >= 11 is 0. The highest BCUT2D eigenvalue weighted by Gasteiger charge is 2.52. The molecular weight excluding hydrogens is 244 g/mol. The first kappa shape index (κ1) is 12.7. The molecule has 1 aromatic carbocycles. The lowest BCUT2D eigenvalue weighted by Gasteiger charge is -2.58. The van der Waals surface area contributed by atoms with Crippen molar-refractivity contribution >= 4 is 5.69 Å². The highest BCUT2D eigenvalue weighted by atomic mass is 15.1. The third kappa shape index (κ3) is 1.60. The molecule has 1 saturated heterocycles. The van der Waals surface area contributed by atoms with Crippen LogP contribution in [0.2, 0.25) is 0 Å². The number of nitrogens with one attached hydrogen (secondary N) is 1. The van der Waals surface area contributed by atoms with Crippen molar-refractivity contribution in [1.82, 2.24) is 4.90 Å². The van der Waals surface area contributed by atoms with Crippen LogP contribution in [0.1, 0.15) is 43.2 Å². The maximum absolute atomic E-state index is 3.34. The van der Waals surface area contributed by atoms with E-state index in [1.807, 2.05) is 7.05 Å². The smallest absolute Gasteiger partial charge is 0.0340 e. The first-order chi connectivity index (χ1) is 9.74. The molecule has 1 aromatic rings. The number of likely N-dealkylation sites (N-methyl/N-ethyl adjacent to an activating group) is 1. The topological polar surface area (TPSA) is 15.3 Å². The molecule has 0 spiro atoms. The van der Waals surface area contributed by atoms with E-state index in [0.29, 0.717) is 5.41 Å². The van der Waals surface area contributed by atoms with Gasteiger partial charge in [0.25, 0.3) is 0 Å². The van der Waals surface area contributed by atoms with Gasteiger partial charge in [0.05, 0.1) is 0 Å². The average Bonchev–Trinajstić information content (AvgIpc) is 2.50. The summed E-state index contributed by atoms with van der Waals surface area (Å²) in [5, 5.41) is 3.34. The molecule has 2 aliphatic carbocycles. The van der Waals surface area contributed by atoms with E-state index in [0.717, 1.165) is 12.0 Å². The molecule has 4 rings (SSSR count). The van der Waals surface area contributed by atoms with Gasteiger partial charge in [-0.2, -0.15) is 0 Å². The highest BCUT2D eigenvalue weighted by molar-refractivity contribution is 5.53. The third-order valence-corrected chi connectivity index (χ3v) is 6.40. The summed E-state index contributed by atoms with van der Waals surface area (Å²) < 4.78 is 0. The number of likely N-dealkylation sites (tertiary alicyclic amines) is 1. The number of fused-ring (bicyclic) bond motifs is 1. The summed E-state index contributed by atoms with van der Waals surface area (Å²) in [5.74, 6) is 0.898. The number of anilines is 1. The Balaban J connectivity index is 1.88. The monoisotopic (exact) mass is 270 g/mol. The van der Waals surface area contributed by atoms with Gasteiger partial charge in [-0.05, 0) is 68.5 Å². The van der Waals surface area contributed by atoms with Crippen LogP contribution in [0.25, 0.3) is 0 Å². The first-order valence-corrected chi connectivity index (χ1v) is 8.26. The van der Waals surface area contributed by atoms with Gasteiger partial charge in [-0.15, -0.1) is 0 Å². The van der Waals surface area contributed by atoms with Gasteiger partial charge in [0, 0.05) is 24.2 Å². The van der Waals surface area contributed by atoms with Crippen molar-refractivity contribution in [2.45, 2.75) is 50.0 Å².